The van der Waals surface area contributed by atoms with E-state index in [-0.39, 0.29) is 5.75 Å². The SMILES string of the molecule is O=S(=O)(CCN1CCc2ccccc2C1)c1ccc(Cl)cc1. The van der Waals surface area contributed by atoms with Gasteiger partial charge < -0.3 is 0 Å². The maximum absolute atomic E-state index is 12.4. The lowest BCUT2D eigenvalue weighted by atomic mass is 10.0. The molecule has 0 bridgehead atoms. The minimum atomic E-state index is -3.25. The molecule has 0 radical (unpaired) electrons. The van der Waals surface area contributed by atoms with Gasteiger partial charge in [-0.1, -0.05) is 35.9 Å². The molecule has 3 rings (SSSR count). The lowest BCUT2D eigenvalue weighted by Crippen LogP contribution is -2.34. The fraction of sp³-hybridized carbons (Fsp3) is 0.294. The molecule has 5 heteroatoms. The van der Waals surface area contributed by atoms with E-state index in [4.69, 9.17) is 11.6 Å². The number of rotatable bonds is 4. The van der Waals surface area contributed by atoms with Crippen molar-refractivity contribution >= 4 is 21.4 Å². The molecule has 1 aliphatic heterocycles. The van der Waals surface area contributed by atoms with Crippen LogP contribution < -0.4 is 0 Å². The largest absolute Gasteiger partial charge is 0.298 e. The van der Waals surface area contributed by atoms with Gasteiger partial charge in [0.05, 0.1) is 10.6 Å². The molecule has 0 spiro atoms. The highest BCUT2D eigenvalue weighted by Gasteiger charge is 2.19. The van der Waals surface area contributed by atoms with Crippen molar-refractivity contribution in [2.75, 3.05) is 18.8 Å². The van der Waals surface area contributed by atoms with Crippen LogP contribution in [-0.4, -0.2) is 32.2 Å². The lowest BCUT2D eigenvalue weighted by Gasteiger charge is -2.28. The Kier molecular flexibility index (Phi) is 4.52. The summed E-state index contributed by atoms with van der Waals surface area (Å²) >= 11 is 5.81. The Morgan fingerprint density at radius 3 is 2.41 bits per heavy atom. The molecule has 0 fully saturated rings. The van der Waals surface area contributed by atoms with Crippen molar-refractivity contribution in [2.24, 2.45) is 0 Å². The first kappa shape index (κ1) is 15.5. The standard InChI is InChI=1S/C17H18ClNO2S/c18-16-5-7-17(8-6-16)22(20,21)12-11-19-10-9-14-3-1-2-4-15(14)13-19/h1-8H,9-13H2. The Balaban J connectivity index is 1.64. The van der Waals surface area contributed by atoms with E-state index in [2.05, 4.69) is 23.1 Å². The highest BCUT2D eigenvalue weighted by atomic mass is 35.5. The van der Waals surface area contributed by atoms with Gasteiger partial charge in [-0.05, 0) is 41.8 Å². The van der Waals surface area contributed by atoms with Gasteiger partial charge in [0.25, 0.3) is 0 Å². The van der Waals surface area contributed by atoms with Gasteiger partial charge in [-0.15, -0.1) is 0 Å². The normalized spacial score (nSPS) is 15.5. The van der Waals surface area contributed by atoms with E-state index in [1.807, 2.05) is 6.07 Å². The van der Waals surface area contributed by atoms with E-state index in [1.54, 1.807) is 24.3 Å². The van der Waals surface area contributed by atoms with Gasteiger partial charge in [-0.3, -0.25) is 4.90 Å². The van der Waals surface area contributed by atoms with Gasteiger partial charge in [-0.2, -0.15) is 0 Å². The summed E-state index contributed by atoms with van der Waals surface area (Å²) in [6.07, 6.45) is 0.983. The number of hydrogen-bond donors (Lipinski definition) is 0. The second kappa shape index (κ2) is 6.41. The molecule has 2 aromatic rings. The summed E-state index contributed by atoms with van der Waals surface area (Å²) in [6, 6.07) is 14.7. The molecule has 0 saturated carbocycles. The van der Waals surface area contributed by atoms with E-state index in [0.29, 0.717) is 16.5 Å². The molecule has 0 atom stereocenters. The van der Waals surface area contributed by atoms with Crippen molar-refractivity contribution in [1.29, 1.82) is 0 Å². The number of halogens is 1. The third-order valence-corrected chi connectivity index (χ3v) is 6.02. The predicted molar refractivity (Wildman–Crippen MR) is 88.9 cm³/mol. The van der Waals surface area contributed by atoms with Gasteiger partial charge in [0.1, 0.15) is 0 Å². The van der Waals surface area contributed by atoms with Crippen LogP contribution in [-0.2, 0) is 22.8 Å². The van der Waals surface area contributed by atoms with Gasteiger partial charge in [0.2, 0.25) is 0 Å². The van der Waals surface area contributed by atoms with Crippen molar-refractivity contribution in [3.63, 3.8) is 0 Å². The molecule has 1 aliphatic rings. The average Bonchev–Trinajstić information content (AvgIpc) is 2.53. The Hall–Kier alpha value is -1.36. The number of fused-ring (bicyclic) bond motifs is 1. The molecule has 0 N–H and O–H groups in total. The monoisotopic (exact) mass is 335 g/mol. The minimum absolute atomic E-state index is 0.136. The maximum atomic E-state index is 12.4. The molecule has 1 heterocycles. The summed E-state index contributed by atoms with van der Waals surface area (Å²) in [5.74, 6) is 0.136. The smallest absolute Gasteiger partial charge is 0.179 e. The second-order valence-corrected chi connectivity index (χ2v) is 8.11. The van der Waals surface area contributed by atoms with Crippen LogP contribution in [0, 0.1) is 0 Å². The molecule has 22 heavy (non-hydrogen) atoms. The fourth-order valence-corrected chi connectivity index (χ4v) is 4.17. The van der Waals surface area contributed by atoms with Crippen LogP contribution >= 0.6 is 11.6 Å². The summed E-state index contributed by atoms with van der Waals surface area (Å²) in [5.41, 5.74) is 2.68. The number of benzene rings is 2. The zero-order valence-electron chi connectivity index (χ0n) is 12.2. The van der Waals surface area contributed by atoms with Crippen molar-refractivity contribution in [2.45, 2.75) is 17.9 Å². The molecular formula is C17H18ClNO2S. The van der Waals surface area contributed by atoms with E-state index >= 15 is 0 Å². The summed E-state index contributed by atoms with van der Waals surface area (Å²) in [7, 11) is -3.25. The zero-order valence-corrected chi connectivity index (χ0v) is 13.8. The third-order valence-electron chi connectivity index (χ3n) is 4.06. The number of hydrogen-bond acceptors (Lipinski definition) is 3. The Labute approximate surface area is 136 Å². The first-order valence-corrected chi connectivity index (χ1v) is 9.35. The van der Waals surface area contributed by atoms with Crippen molar-refractivity contribution in [1.82, 2.24) is 4.90 Å². The molecule has 3 nitrogen and oxygen atoms in total. The summed E-state index contributed by atoms with van der Waals surface area (Å²) in [4.78, 5) is 2.55. The van der Waals surface area contributed by atoms with Crippen LogP contribution in [0.15, 0.2) is 53.4 Å². The van der Waals surface area contributed by atoms with Gasteiger partial charge >= 0.3 is 0 Å². The molecule has 0 unspecified atom stereocenters. The molecular weight excluding hydrogens is 318 g/mol. The second-order valence-electron chi connectivity index (χ2n) is 5.57. The van der Waals surface area contributed by atoms with E-state index in [1.165, 1.54) is 11.1 Å². The molecule has 116 valence electrons. The fourth-order valence-electron chi connectivity index (χ4n) is 2.75. The Morgan fingerprint density at radius 2 is 1.68 bits per heavy atom. The topological polar surface area (TPSA) is 37.4 Å². The lowest BCUT2D eigenvalue weighted by molar-refractivity contribution is 0.269. The van der Waals surface area contributed by atoms with Crippen molar-refractivity contribution < 1.29 is 8.42 Å². The summed E-state index contributed by atoms with van der Waals surface area (Å²) in [6.45, 7) is 2.29. The number of nitrogens with zero attached hydrogens (tertiary/aromatic N) is 1. The van der Waals surface area contributed by atoms with Crippen LogP contribution in [0.2, 0.25) is 5.02 Å². The van der Waals surface area contributed by atoms with Gasteiger partial charge in [0, 0.05) is 24.7 Å². The van der Waals surface area contributed by atoms with Gasteiger partial charge in [0.15, 0.2) is 9.84 Å². The quantitative estimate of drug-likeness (QED) is 0.861. The van der Waals surface area contributed by atoms with E-state index < -0.39 is 9.84 Å². The van der Waals surface area contributed by atoms with Crippen LogP contribution in [0.4, 0.5) is 0 Å². The molecule has 0 aliphatic carbocycles. The van der Waals surface area contributed by atoms with Crippen molar-refractivity contribution in [3.05, 3.63) is 64.7 Å². The Morgan fingerprint density at radius 1 is 1.00 bits per heavy atom. The third kappa shape index (κ3) is 3.51. The predicted octanol–water partition coefficient (Wildman–Crippen LogP) is 3.17. The maximum Gasteiger partial charge on any atom is 0.179 e. The zero-order chi connectivity index (χ0) is 15.6. The van der Waals surface area contributed by atoms with Crippen LogP contribution in [0.25, 0.3) is 0 Å². The first-order valence-electron chi connectivity index (χ1n) is 7.32. The Bertz CT molecular complexity index is 756. The van der Waals surface area contributed by atoms with Crippen LogP contribution in [0.1, 0.15) is 11.1 Å². The first-order chi connectivity index (χ1) is 10.5. The molecule has 0 aromatic heterocycles. The molecule has 2 aromatic carbocycles. The number of sulfone groups is 1. The van der Waals surface area contributed by atoms with Crippen LogP contribution in [0.3, 0.4) is 0 Å². The van der Waals surface area contributed by atoms with Crippen molar-refractivity contribution in [3.8, 4) is 0 Å². The molecule has 0 amide bonds. The summed E-state index contributed by atoms with van der Waals surface area (Å²) in [5, 5.41) is 0.548. The highest BCUT2D eigenvalue weighted by Crippen LogP contribution is 2.20. The van der Waals surface area contributed by atoms with E-state index in [9.17, 15) is 8.42 Å². The van der Waals surface area contributed by atoms with Gasteiger partial charge in [-0.25, -0.2) is 8.42 Å². The summed E-state index contributed by atoms with van der Waals surface area (Å²) < 4.78 is 24.7. The van der Waals surface area contributed by atoms with E-state index in [0.717, 1.165) is 19.5 Å². The minimum Gasteiger partial charge on any atom is -0.298 e. The average molecular weight is 336 g/mol. The highest BCUT2D eigenvalue weighted by molar-refractivity contribution is 7.91. The van der Waals surface area contributed by atoms with Crippen LogP contribution in [0.5, 0.6) is 0 Å². The molecule has 0 saturated heterocycles.